The van der Waals surface area contributed by atoms with E-state index in [2.05, 4.69) is 35.9 Å². The summed E-state index contributed by atoms with van der Waals surface area (Å²) in [5.41, 5.74) is 1.42. The van der Waals surface area contributed by atoms with Crippen LogP contribution < -0.4 is 10.6 Å². The first kappa shape index (κ1) is 13.5. The molecule has 1 heterocycles. The molecule has 1 aromatic rings. The van der Waals surface area contributed by atoms with E-state index in [4.69, 9.17) is 12.2 Å². The third kappa shape index (κ3) is 4.49. The van der Waals surface area contributed by atoms with Crippen molar-refractivity contribution in [3.63, 3.8) is 0 Å². The zero-order valence-corrected chi connectivity index (χ0v) is 11.6. The number of hydrogen-bond donors (Lipinski definition) is 2. The molecule has 1 rings (SSSR count). The van der Waals surface area contributed by atoms with Gasteiger partial charge >= 0.3 is 0 Å². The molecule has 0 aliphatic heterocycles. The van der Waals surface area contributed by atoms with Crippen molar-refractivity contribution >= 4 is 28.7 Å². The van der Waals surface area contributed by atoms with E-state index in [9.17, 15) is 0 Å². The van der Waals surface area contributed by atoms with Crippen LogP contribution in [-0.4, -0.2) is 11.7 Å². The minimum absolute atomic E-state index is 0.768. The Morgan fingerprint density at radius 2 is 2.19 bits per heavy atom. The van der Waals surface area contributed by atoms with Crippen LogP contribution in [0.25, 0.3) is 0 Å². The summed E-state index contributed by atoms with van der Waals surface area (Å²) in [6.45, 7) is 6.17. The summed E-state index contributed by atoms with van der Waals surface area (Å²) in [6.07, 6.45) is 3.46. The van der Waals surface area contributed by atoms with Crippen molar-refractivity contribution in [1.29, 1.82) is 0 Å². The Kier molecular flexibility index (Phi) is 6.42. The Bertz CT molecular complexity index is 321. The van der Waals surface area contributed by atoms with Crippen LogP contribution in [0.3, 0.4) is 0 Å². The highest BCUT2D eigenvalue weighted by atomic mass is 32.1. The molecular weight excluding hydrogens is 236 g/mol. The number of rotatable bonds is 6. The summed E-state index contributed by atoms with van der Waals surface area (Å²) >= 11 is 7.00. The number of unbranched alkanes of at least 4 members (excludes halogenated alkanes) is 1. The standard InChI is InChI=1S/C12H20N2S2/c1-3-5-7-13-12(15)14-9-11-10(4-2)6-8-16-11/h6,8H,3-5,7,9H2,1-2H3,(H2,13,14,15). The molecule has 0 unspecified atom stereocenters. The molecule has 2 N–H and O–H groups in total. The SMILES string of the molecule is CCCCNC(=S)NCc1sccc1CC. The third-order valence-electron chi connectivity index (χ3n) is 2.44. The van der Waals surface area contributed by atoms with E-state index in [1.807, 2.05) is 0 Å². The van der Waals surface area contributed by atoms with E-state index in [1.54, 1.807) is 11.3 Å². The summed E-state index contributed by atoms with van der Waals surface area (Å²) in [6, 6.07) is 2.19. The first-order valence-electron chi connectivity index (χ1n) is 5.84. The lowest BCUT2D eigenvalue weighted by Crippen LogP contribution is -2.35. The van der Waals surface area contributed by atoms with Gasteiger partial charge in [-0.15, -0.1) is 11.3 Å². The highest BCUT2D eigenvalue weighted by molar-refractivity contribution is 7.80. The summed E-state index contributed by atoms with van der Waals surface area (Å²) in [4.78, 5) is 1.39. The highest BCUT2D eigenvalue weighted by Gasteiger charge is 2.02. The van der Waals surface area contributed by atoms with Crippen LogP contribution in [0.2, 0.25) is 0 Å². The largest absolute Gasteiger partial charge is 0.363 e. The molecular formula is C12H20N2S2. The molecule has 0 fully saturated rings. The van der Waals surface area contributed by atoms with Crippen LogP contribution in [0.4, 0.5) is 0 Å². The fraction of sp³-hybridized carbons (Fsp3) is 0.583. The molecule has 0 saturated heterocycles. The Morgan fingerprint density at radius 1 is 1.38 bits per heavy atom. The average molecular weight is 256 g/mol. The number of hydrogen-bond acceptors (Lipinski definition) is 2. The fourth-order valence-electron chi connectivity index (χ4n) is 1.44. The van der Waals surface area contributed by atoms with Gasteiger partial charge in [0, 0.05) is 11.4 Å². The van der Waals surface area contributed by atoms with Gasteiger partial charge in [0.25, 0.3) is 0 Å². The number of thiophene rings is 1. The molecule has 1 aromatic heterocycles. The molecule has 0 saturated carbocycles. The summed E-state index contributed by atoms with van der Waals surface area (Å²) in [7, 11) is 0. The molecule has 0 aromatic carbocycles. The third-order valence-corrected chi connectivity index (χ3v) is 3.70. The monoisotopic (exact) mass is 256 g/mol. The molecule has 0 aliphatic rings. The van der Waals surface area contributed by atoms with Gasteiger partial charge < -0.3 is 10.6 Å². The first-order chi connectivity index (χ1) is 7.77. The van der Waals surface area contributed by atoms with E-state index >= 15 is 0 Å². The Labute approximate surface area is 107 Å². The van der Waals surface area contributed by atoms with E-state index in [0.717, 1.165) is 24.6 Å². The summed E-state index contributed by atoms with van der Waals surface area (Å²) in [5.74, 6) is 0. The molecule has 0 spiro atoms. The lowest BCUT2D eigenvalue weighted by atomic mass is 10.2. The number of aryl methyl sites for hydroxylation is 1. The summed E-state index contributed by atoms with van der Waals surface area (Å²) < 4.78 is 0. The van der Waals surface area contributed by atoms with E-state index in [0.29, 0.717) is 0 Å². The van der Waals surface area contributed by atoms with Crippen molar-refractivity contribution in [3.8, 4) is 0 Å². The molecule has 90 valence electrons. The number of nitrogens with one attached hydrogen (secondary N) is 2. The normalized spacial score (nSPS) is 10.1. The second kappa shape index (κ2) is 7.63. The number of thiocarbonyl (C=S) groups is 1. The van der Waals surface area contributed by atoms with Gasteiger partial charge in [-0.3, -0.25) is 0 Å². The van der Waals surface area contributed by atoms with Crippen molar-refractivity contribution in [2.24, 2.45) is 0 Å². The first-order valence-corrected chi connectivity index (χ1v) is 7.13. The van der Waals surface area contributed by atoms with Crippen LogP contribution in [-0.2, 0) is 13.0 Å². The Hall–Kier alpha value is -0.610. The van der Waals surface area contributed by atoms with Gasteiger partial charge in [0.2, 0.25) is 0 Å². The Morgan fingerprint density at radius 3 is 2.88 bits per heavy atom. The van der Waals surface area contributed by atoms with Crippen LogP contribution in [0, 0.1) is 0 Å². The topological polar surface area (TPSA) is 24.1 Å². The van der Waals surface area contributed by atoms with Gasteiger partial charge in [-0.05, 0) is 42.1 Å². The van der Waals surface area contributed by atoms with Crippen LogP contribution in [0.1, 0.15) is 37.1 Å². The smallest absolute Gasteiger partial charge is 0.166 e. The van der Waals surface area contributed by atoms with Crippen molar-refractivity contribution in [1.82, 2.24) is 10.6 Å². The van der Waals surface area contributed by atoms with Crippen molar-refractivity contribution in [2.75, 3.05) is 6.54 Å². The molecule has 0 atom stereocenters. The molecule has 2 nitrogen and oxygen atoms in total. The molecule has 0 radical (unpaired) electrons. The van der Waals surface area contributed by atoms with Gasteiger partial charge in [0.1, 0.15) is 0 Å². The average Bonchev–Trinajstić information content (AvgIpc) is 2.74. The molecule has 16 heavy (non-hydrogen) atoms. The minimum Gasteiger partial charge on any atom is -0.363 e. The van der Waals surface area contributed by atoms with Gasteiger partial charge in [0.05, 0.1) is 6.54 Å². The quantitative estimate of drug-likeness (QED) is 0.604. The maximum absolute atomic E-state index is 5.20. The fourth-order valence-corrected chi connectivity index (χ4v) is 2.53. The maximum atomic E-state index is 5.20. The maximum Gasteiger partial charge on any atom is 0.166 e. The zero-order chi connectivity index (χ0) is 11.8. The van der Waals surface area contributed by atoms with Crippen molar-refractivity contribution in [2.45, 2.75) is 39.7 Å². The molecule has 0 aliphatic carbocycles. The van der Waals surface area contributed by atoms with E-state index in [-0.39, 0.29) is 0 Å². The van der Waals surface area contributed by atoms with Gasteiger partial charge in [-0.2, -0.15) is 0 Å². The lowest BCUT2D eigenvalue weighted by Gasteiger charge is -2.09. The van der Waals surface area contributed by atoms with Gasteiger partial charge in [-0.25, -0.2) is 0 Å². The summed E-state index contributed by atoms with van der Waals surface area (Å²) in [5, 5.41) is 9.37. The van der Waals surface area contributed by atoms with E-state index in [1.165, 1.54) is 23.3 Å². The van der Waals surface area contributed by atoms with Crippen molar-refractivity contribution in [3.05, 3.63) is 21.9 Å². The van der Waals surface area contributed by atoms with Gasteiger partial charge in [0.15, 0.2) is 5.11 Å². The Balaban J connectivity index is 2.26. The molecule has 0 bridgehead atoms. The highest BCUT2D eigenvalue weighted by Crippen LogP contribution is 2.16. The lowest BCUT2D eigenvalue weighted by molar-refractivity contribution is 0.739. The van der Waals surface area contributed by atoms with Crippen LogP contribution >= 0.6 is 23.6 Å². The molecule has 0 amide bonds. The second-order valence-corrected chi connectivity index (χ2v) is 5.09. The predicted molar refractivity (Wildman–Crippen MR) is 76.0 cm³/mol. The van der Waals surface area contributed by atoms with Crippen LogP contribution in [0.5, 0.6) is 0 Å². The van der Waals surface area contributed by atoms with E-state index < -0.39 is 0 Å². The van der Waals surface area contributed by atoms with Crippen LogP contribution in [0.15, 0.2) is 11.4 Å². The zero-order valence-electron chi connectivity index (χ0n) is 10.0. The minimum atomic E-state index is 0.768. The van der Waals surface area contributed by atoms with Gasteiger partial charge in [-0.1, -0.05) is 20.3 Å². The second-order valence-electron chi connectivity index (χ2n) is 3.69. The van der Waals surface area contributed by atoms with Crippen molar-refractivity contribution < 1.29 is 0 Å². The predicted octanol–water partition coefficient (Wildman–Crippen LogP) is 3.07. The molecule has 4 heteroatoms.